The molecule has 1 rings (SSSR count). The topological polar surface area (TPSA) is 17.8 Å². The number of alkyl halides is 2. The number of hydrogen-bond donors (Lipinski definition) is 0. The summed E-state index contributed by atoms with van der Waals surface area (Å²) in [7, 11) is 0. The SMILES string of the molecule is CC(C)C#Cc1cnn(C(F)F)c1. The van der Waals surface area contributed by atoms with Crippen LogP contribution in [0.1, 0.15) is 26.0 Å². The van der Waals surface area contributed by atoms with Gasteiger partial charge in [-0.3, -0.25) is 0 Å². The molecule has 0 aliphatic heterocycles. The Kier molecular flexibility index (Phi) is 3.02. The van der Waals surface area contributed by atoms with Crippen molar-refractivity contribution in [3.8, 4) is 11.8 Å². The van der Waals surface area contributed by atoms with E-state index in [0.29, 0.717) is 10.2 Å². The van der Waals surface area contributed by atoms with E-state index in [1.807, 2.05) is 13.8 Å². The molecule has 0 saturated carbocycles. The van der Waals surface area contributed by atoms with Gasteiger partial charge in [-0.2, -0.15) is 13.9 Å². The molecule has 0 spiro atoms. The van der Waals surface area contributed by atoms with Gasteiger partial charge in [0.1, 0.15) is 0 Å². The molecule has 0 bridgehead atoms. The van der Waals surface area contributed by atoms with Gasteiger partial charge in [0, 0.05) is 12.1 Å². The summed E-state index contributed by atoms with van der Waals surface area (Å²) < 4.78 is 24.7. The minimum atomic E-state index is -2.59. The molecule has 0 unspecified atom stereocenters. The summed E-state index contributed by atoms with van der Waals surface area (Å²) in [6.07, 6.45) is 2.57. The quantitative estimate of drug-likeness (QED) is 0.612. The third kappa shape index (κ3) is 2.86. The van der Waals surface area contributed by atoms with Crippen LogP contribution in [-0.2, 0) is 0 Å². The third-order valence-electron chi connectivity index (χ3n) is 1.31. The third-order valence-corrected chi connectivity index (χ3v) is 1.31. The van der Waals surface area contributed by atoms with Crippen LogP contribution in [-0.4, -0.2) is 9.78 Å². The zero-order valence-corrected chi connectivity index (χ0v) is 7.46. The molecule has 0 aromatic carbocycles. The van der Waals surface area contributed by atoms with Crippen molar-refractivity contribution in [2.24, 2.45) is 5.92 Å². The number of nitrogens with zero attached hydrogens (tertiary/aromatic N) is 2. The van der Waals surface area contributed by atoms with Crippen LogP contribution in [0.5, 0.6) is 0 Å². The minimum Gasteiger partial charge on any atom is -0.210 e. The van der Waals surface area contributed by atoms with E-state index in [1.54, 1.807) is 0 Å². The van der Waals surface area contributed by atoms with Gasteiger partial charge in [0.25, 0.3) is 0 Å². The molecule has 1 aromatic heterocycles. The first kappa shape index (κ1) is 9.72. The zero-order chi connectivity index (χ0) is 9.84. The maximum Gasteiger partial charge on any atom is 0.333 e. The van der Waals surface area contributed by atoms with Gasteiger partial charge in [0.2, 0.25) is 0 Å². The highest BCUT2D eigenvalue weighted by Crippen LogP contribution is 2.08. The molecule has 0 atom stereocenters. The Bertz CT molecular complexity index is 331. The average Bonchev–Trinajstić information content (AvgIpc) is 2.48. The van der Waals surface area contributed by atoms with Crippen LogP contribution in [0.15, 0.2) is 12.4 Å². The maximum atomic E-state index is 12.0. The number of rotatable bonds is 1. The molecule has 4 heteroatoms. The Morgan fingerprint density at radius 3 is 2.62 bits per heavy atom. The normalized spacial score (nSPS) is 10.3. The van der Waals surface area contributed by atoms with E-state index >= 15 is 0 Å². The Morgan fingerprint density at radius 1 is 1.46 bits per heavy atom. The lowest BCUT2D eigenvalue weighted by atomic mass is 10.2. The zero-order valence-electron chi connectivity index (χ0n) is 7.46. The lowest BCUT2D eigenvalue weighted by Gasteiger charge is -1.94. The van der Waals surface area contributed by atoms with E-state index in [9.17, 15) is 8.78 Å². The fourth-order valence-electron chi connectivity index (χ4n) is 0.737. The molecular formula is C9H10F2N2. The van der Waals surface area contributed by atoms with Crippen molar-refractivity contribution in [3.05, 3.63) is 18.0 Å². The summed E-state index contributed by atoms with van der Waals surface area (Å²) in [5.74, 6) is 5.85. The molecule has 0 radical (unpaired) electrons. The first-order valence-electron chi connectivity index (χ1n) is 3.93. The van der Waals surface area contributed by atoms with Gasteiger partial charge in [-0.1, -0.05) is 25.7 Å². The molecule has 1 aromatic rings. The highest BCUT2D eigenvalue weighted by molar-refractivity contribution is 5.30. The van der Waals surface area contributed by atoms with Crippen molar-refractivity contribution in [3.63, 3.8) is 0 Å². The van der Waals surface area contributed by atoms with E-state index in [2.05, 4.69) is 16.9 Å². The first-order chi connectivity index (χ1) is 6.09. The molecule has 70 valence electrons. The number of halogens is 2. The second-order valence-electron chi connectivity index (χ2n) is 2.91. The monoisotopic (exact) mass is 184 g/mol. The Morgan fingerprint density at radius 2 is 2.15 bits per heavy atom. The van der Waals surface area contributed by atoms with Crippen molar-refractivity contribution >= 4 is 0 Å². The molecule has 1 heterocycles. The van der Waals surface area contributed by atoms with Crippen molar-refractivity contribution in [2.75, 3.05) is 0 Å². The van der Waals surface area contributed by atoms with Gasteiger partial charge in [0.05, 0.1) is 11.8 Å². The Labute approximate surface area is 75.6 Å². The Hall–Kier alpha value is -1.37. The molecule has 0 saturated heterocycles. The van der Waals surface area contributed by atoms with Gasteiger partial charge in [0.15, 0.2) is 0 Å². The van der Waals surface area contributed by atoms with E-state index in [1.165, 1.54) is 12.4 Å². The molecule has 0 aliphatic carbocycles. The first-order valence-corrected chi connectivity index (χ1v) is 3.93. The van der Waals surface area contributed by atoms with E-state index < -0.39 is 6.55 Å². The molecular weight excluding hydrogens is 174 g/mol. The van der Waals surface area contributed by atoms with E-state index in [-0.39, 0.29) is 5.92 Å². The molecule has 0 N–H and O–H groups in total. The fourth-order valence-corrected chi connectivity index (χ4v) is 0.737. The summed E-state index contributed by atoms with van der Waals surface area (Å²) in [6, 6.07) is 0. The predicted octanol–water partition coefficient (Wildman–Crippen LogP) is 2.29. The van der Waals surface area contributed by atoms with Crippen LogP contribution >= 0.6 is 0 Å². The van der Waals surface area contributed by atoms with Gasteiger partial charge in [-0.15, -0.1) is 0 Å². The van der Waals surface area contributed by atoms with Crippen LogP contribution in [0.3, 0.4) is 0 Å². The molecule has 0 fully saturated rings. The summed E-state index contributed by atoms with van der Waals surface area (Å²) in [4.78, 5) is 0. The summed E-state index contributed by atoms with van der Waals surface area (Å²) >= 11 is 0. The fraction of sp³-hybridized carbons (Fsp3) is 0.444. The van der Waals surface area contributed by atoms with Crippen molar-refractivity contribution in [1.29, 1.82) is 0 Å². The standard InChI is InChI=1S/C9H10F2N2/c1-7(2)3-4-8-5-12-13(6-8)9(10)11/h5-7,9H,1-2H3. The van der Waals surface area contributed by atoms with E-state index in [0.717, 1.165) is 0 Å². The molecule has 0 amide bonds. The minimum absolute atomic E-state index is 0.231. The van der Waals surface area contributed by atoms with Crippen LogP contribution in [0.25, 0.3) is 0 Å². The largest absolute Gasteiger partial charge is 0.333 e. The second kappa shape index (κ2) is 4.04. The number of aromatic nitrogens is 2. The second-order valence-corrected chi connectivity index (χ2v) is 2.91. The Balaban J connectivity index is 2.77. The van der Waals surface area contributed by atoms with Crippen LogP contribution in [0.4, 0.5) is 8.78 Å². The highest BCUT2D eigenvalue weighted by Gasteiger charge is 2.05. The average molecular weight is 184 g/mol. The van der Waals surface area contributed by atoms with Crippen molar-refractivity contribution in [1.82, 2.24) is 9.78 Å². The van der Waals surface area contributed by atoms with Gasteiger partial charge < -0.3 is 0 Å². The van der Waals surface area contributed by atoms with Crippen molar-refractivity contribution in [2.45, 2.75) is 20.4 Å². The van der Waals surface area contributed by atoms with Crippen molar-refractivity contribution < 1.29 is 8.78 Å². The maximum absolute atomic E-state index is 12.0. The number of hydrogen-bond acceptors (Lipinski definition) is 1. The van der Waals surface area contributed by atoms with Crippen LogP contribution in [0, 0.1) is 17.8 Å². The lowest BCUT2D eigenvalue weighted by molar-refractivity contribution is 0.0566. The van der Waals surface area contributed by atoms with Gasteiger partial charge >= 0.3 is 6.55 Å². The van der Waals surface area contributed by atoms with E-state index in [4.69, 9.17) is 0 Å². The molecule has 0 aliphatic rings. The van der Waals surface area contributed by atoms with Gasteiger partial charge in [-0.25, -0.2) is 4.68 Å². The molecule has 2 nitrogen and oxygen atoms in total. The molecule has 13 heavy (non-hydrogen) atoms. The van der Waals surface area contributed by atoms with Gasteiger partial charge in [-0.05, 0) is 0 Å². The summed E-state index contributed by atoms with van der Waals surface area (Å²) in [6.45, 7) is 1.28. The van der Waals surface area contributed by atoms with Crippen LogP contribution in [0.2, 0.25) is 0 Å². The summed E-state index contributed by atoms with van der Waals surface area (Å²) in [5, 5.41) is 3.46. The predicted molar refractivity (Wildman–Crippen MR) is 45.2 cm³/mol. The smallest absolute Gasteiger partial charge is 0.210 e. The van der Waals surface area contributed by atoms with Crippen LogP contribution < -0.4 is 0 Å². The lowest BCUT2D eigenvalue weighted by Crippen LogP contribution is -1.96. The summed E-state index contributed by atoms with van der Waals surface area (Å²) in [5.41, 5.74) is 0.522. The highest BCUT2D eigenvalue weighted by atomic mass is 19.3.